The van der Waals surface area contributed by atoms with Crippen molar-refractivity contribution in [3.63, 3.8) is 0 Å². The molecule has 0 N–H and O–H groups in total. The van der Waals surface area contributed by atoms with E-state index in [1.807, 2.05) is 48.5 Å². The summed E-state index contributed by atoms with van der Waals surface area (Å²) in [7, 11) is 1.70. The second-order valence-corrected chi connectivity index (χ2v) is 8.42. The molecule has 3 aromatic carbocycles. The average Bonchev–Trinajstić information content (AvgIpc) is 3.30. The molecule has 0 aliphatic carbocycles. The van der Waals surface area contributed by atoms with Crippen molar-refractivity contribution in [2.24, 2.45) is 0 Å². The fraction of sp³-hybridized carbons (Fsp3) is 0.250. The number of hydrogen-bond acceptors (Lipinski definition) is 5. The van der Waals surface area contributed by atoms with Crippen LogP contribution in [0.3, 0.4) is 0 Å². The molecule has 0 radical (unpaired) electrons. The van der Waals surface area contributed by atoms with Gasteiger partial charge in [-0.2, -0.15) is 0 Å². The van der Waals surface area contributed by atoms with Crippen LogP contribution in [-0.4, -0.2) is 48.1 Å². The maximum atomic E-state index is 6.32. The van der Waals surface area contributed by atoms with E-state index in [1.165, 1.54) is 5.56 Å². The molecule has 0 spiro atoms. The van der Waals surface area contributed by atoms with Gasteiger partial charge in [0.2, 0.25) is 5.89 Å². The van der Waals surface area contributed by atoms with Crippen molar-refractivity contribution in [3.05, 3.63) is 96.4 Å². The molecule has 0 saturated carbocycles. The van der Waals surface area contributed by atoms with Crippen molar-refractivity contribution in [2.45, 2.75) is 13.1 Å². The molecule has 33 heavy (non-hydrogen) atoms. The van der Waals surface area contributed by atoms with Crippen LogP contribution < -0.4 is 4.74 Å². The van der Waals surface area contributed by atoms with Gasteiger partial charge in [0.15, 0.2) is 5.76 Å². The van der Waals surface area contributed by atoms with Gasteiger partial charge >= 0.3 is 0 Å². The van der Waals surface area contributed by atoms with Crippen molar-refractivity contribution in [1.29, 1.82) is 0 Å². The molecule has 4 aromatic rings. The number of ether oxygens (including phenoxy) is 1. The number of hydrogen-bond donors (Lipinski definition) is 0. The van der Waals surface area contributed by atoms with Crippen LogP contribution in [0.5, 0.6) is 5.75 Å². The zero-order valence-corrected chi connectivity index (χ0v) is 19.0. The Balaban J connectivity index is 1.26. The van der Waals surface area contributed by atoms with Gasteiger partial charge in [0, 0.05) is 43.9 Å². The summed E-state index contributed by atoms with van der Waals surface area (Å²) in [6.45, 7) is 5.75. The van der Waals surface area contributed by atoms with Crippen LogP contribution >= 0.6 is 0 Å². The zero-order valence-electron chi connectivity index (χ0n) is 19.0. The van der Waals surface area contributed by atoms with Crippen molar-refractivity contribution in [3.8, 4) is 28.3 Å². The predicted molar refractivity (Wildman–Crippen MR) is 131 cm³/mol. The molecule has 2 heterocycles. The molecule has 1 aromatic heterocycles. The predicted octanol–water partition coefficient (Wildman–Crippen LogP) is 5.34. The molecule has 0 amide bonds. The SMILES string of the molecule is COc1ccc(CN2CCN(Cc3nc(-c4ccccc4)c(-c4ccccc4)o3)CC2)cc1. The Bertz CT molecular complexity index is 1090. The second kappa shape index (κ2) is 10.0. The van der Waals surface area contributed by atoms with Gasteiger partial charge in [-0.15, -0.1) is 0 Å². The van der Waals surface area contributed by atoms with Crippen LogP contribution in [0, 0.1) is 0 Å². The largest absolute Gasteiger partial charge is 0.497 e. The average molecular weight is 440 g/mol. The number of methoxy groups -OCH3 is 1. The van der Waals surface area contributed by atoms with Gasteiger partial charge < -0.3 is 9.15 Å². The minimum atomic E-state index is 0.725. The van der Waals surface area contributed by atoms with Gasteiger partial charge in [-0.25, -0.2) is 4.98 Å². The van der Waals surface area contributed by atoms with Gasteiger partial charge in [0.25, 0.3) is 0 Å². The molecular weight excluding hydrogens is 410 g/mol. The summed E-state index contributed by atoms with van der Waals surface area (Å²) in [5.74, 6) is 2.52. The number of benzene rings is 3. The van der Waals surface area contributed by atoms with Crippen LogP contribution in [0.4, 0.5) is 0 Å². The van der Waals surface area contributed by atoms with E-state index < -0.39 is 0 Å². The summed E-state index contributed by atoms with van der Waals surface area (Å²) >= 11 is 0. The quantitative estimate of drug-likeness (QED) is 0.389. The molecule has 0 bridgehead atoms. The lowest BCUT2D eigenvalue weighted by Crippen LogP contribution is -2.45. The highest BCUT2D eigenvalue weighted by Gasteiger charge is 2.21. The molecule has 1 aliphatic heterocycles. The molecule has 1 aliphatic rings. The van der Waals surface area contributed by atoms with Gasteiger partial charge in [-0.1, -0.05) is 72.8 Å². The lowest BCUT2D eigenvalue weighted by Gasteiger charge is -2.34. The van der Waals surface area contributed by atoms with E-state index in [1.54, 1.807) is 7.11 Å². The molecule has 5 rings (SSSR count). The number of aromatic nitrogens is 1. The van der Waals surface area contributed by atoms with Gasteiger partial charge in [0.05, 0.1) is 13.7 Å². The van der Waals surface area contributed by atoms with Gasteiger partial charge in [-0.3, -0.25) is 9.80 Å². The molecule has 0 unspecified atom stereocenters. The fourth-order valence-electron chi connectivity index (χ4n) is 4.29. The third-order valence-electron chi connectivity index (χ3n) is 6.14. The van der Waals surface area contributed by atoms with Crippen molar-refractivity contribution in [2.75, 3.05) is 33.3 Å². The minimum Gasteiger partial charge on any atom is -0.497 e. The van der Waals surface area contributed by atoms with Crippen molar-refractivity contribution in [1.82, 2.24) is 14.8 Å². The first-order valence-corrected chi connectivity index (χ1v) is 11.5. The Morgan fingerprint density at radius 3 is 1.91 bits per heavy atom. The highest BCUT2D eigenvalue weighted by molar-refractivity contribution is 5.76. The maximum Gasteiger partial charge on any atom is 0.209 e. The molecule has 1 saturated heterocycles. The van der Waals surface area contributed by atoms with Crippen LogP contribution in [0.25, 0.3) is 22.6 Å². The van der Waals surface area contributed by atoms with E-state index in [-0.39, 0.29) is 0 Å². The lowest BCUT2D eigenvalue weighted by molar-refractivity contribution is 0.114. The third-order valence-corrected chi connectivity index (χ3v) is 6.14. The summed E-state index contributed by atoms with van der Waals surface area (Å²) in [6, 6.07) is 28.9. The standard InChI is InChI=1S/C28H29N3O2/c1-32-25-14-12-22(13-15-25)20-30-16-18-31(19-17-30)21-26-29-27(23-8-4-2-5-9-23)28(33-26)24-10-6-3-7-11-24/h2-15H,16-21H2,1H3. The van der Waals surface area contributed by atoms with Crippen molar-refractivity contribution < 1.29 is 9.15 Å². The molecule has 5 nitrogen and oxygen atoms in total. The van der Waals surface area contributed by atoms with Gasteiger partial charge in [-0.05, 0) is 17.7 Å². The van der Waals surface area contributed by atoms with Crippen LogP contribution in [0.2, 0.25) is 0 Å². The van der Waals surface area contributed by atoms with Crippen LogP contribution in [0.15, 0.2) is 89.3 Å². The van der Waals surface area contributed by atoms with E-state index in [0.29, 0.717) is 0 Å². The first kappa shape index (κ1) is 21.4. The molecular formula is C28H29N3O2. The highest BCUT2D eigenvalue weighted by atomic mass is 16.5. The Hall–Kier alpha value is -3.41. The molecule has 1 fully saturated rings. The topological polar surface area (TPSA) is 41.7 Å². The van der Waals surface area contributed by atoms with E-state index in [9.17, 15) is 0 Å². The van der Waals surface area contributed by atoms with E-state index in [2.05, 4.69) is 46.2 Å². The first-order chi connectivity index (χ1) is 16.3. The number of piperazine rings is 1. The zero-order chi connectivity index (χ0) is 22.5. The first-order valence-electron chi connectivity index (χ1n) is 11.5. The summed E-state index contributed by atoms with van der Waals surface area (Å²) in [5.41, 5.74) is 4.36. The highest BCUT2D eigenvalue weighted by Crippen LogP contribution is 2.33. The summed E-state index contributed by atoms with van der Waals surface area (Å²) in [5, 5.41) is 0. The van der Waals surface area contributed by atoms with E-state index in [0.717, 1.165) is 73.5 Å². The second-order valence-electron chi connectivity index (χ2n) is 8.42. The Morgan fingerprint density at radius 1 is 0.727 bits per heavy atom. The normalized spacial score (nSPS) is 14.9. The minimum absolute atomic E-state index is 0.725. The Kier molecular flexibility index (Phi) is 6.51. The number of oxazole rings is 1. The molecule has 168 valence electrons. The maximum absolute atomic E-state index is 6.32. The lowest BCUT2D eigenvalue weighted by atomic mass is 10.1. The fourth-order valence-corrected chi connectivity index (χ4v) is 4.29. The van der Waals surface area contributed by atoms with Crippen LogP contribution in [-0.2, 0) is 13.1 Å². The summed E-state index contributed by atoms with van der Waals surface area (Å²) in [6.07, 6.45) is 0. The van der Waals surface area contributed by atoms with Crippen LogP contribution in [0.1, 0.15) is 11.5 Å². The molecule has 0 atom stereocenters. The Morgan fingerprint density at radius 2 is 1.30 bits per heavy atom. The number of nitrogens with zero attached hydrogens (tertiary/aromatic N) is 3. The monoisotopic (exact) mass is 439 g/mol. The molecule has 5 heteroatoms. The third kappa shape index (κ3) is 5.16. The van der Waals surface area contributed by atoms with E-state index >= 15 is 0 Å². The smallest absolute Gasteiger partial charge is 0.209 e. The van der Waals surface area contributed by atoms with Gasteiger partial charge in [0.1, 0.15) is 11.4 Å². The van der Waals surface area contributed by atoms with Crippen molar-refractivity contribution >= 4 is 0 Å². The Labute approximate surface area is 195 Å². The summed E-state index contributed by atoms with van der Waals surface area (Å²) < 4.78 is 11.6. The van der Waals surface area contributed by atoms with E-state index in [4.69, 9.17) is 14.1 Å². The summed E-state index contributed by atoms with van der Waals surface area (Å²) in [4.78, 5) is 9.85. The number of rotatable bonds is 7.